The Morgan fingerprint density at radius 1 is 1.31 bits per heavy atom. The van der Waals surface area contributed by atoms with Gasteiger partial charge in [0, 0.05) is 18.1 Å². The highest BCUT2D eigenvalue weighted by atomic mass is 35.5. The number of hydrogen-bond donors (Lipinski definition) is 1. The van der Waals surface area contributed by atoms with E-state index in [0.717, 1.165) is 4.31 Å². The summed E-state index contributed by atoms with van der Waals surface area (Å²) in [4.78, 5) is -0.0198. The van der Waals surface area contributed by atoms with Crippen molar-refractivity contribution in [1.29, 1.82) is 0 Å². The average molecular weight is 282 g/mol. The van der Waals surface area contributed by atoms with Gasteiger partial charge in [0.15, 0.2) is 0 Å². The molecule has 0 aliphatic carbocycles. The summed E-state index contributed by atoms with van der Waals surface area (Å²) in [6, 6.07) is 4.27. The van der Waals surface area contributed by atoms with Crippen LogP contribution in [0.1, 0.15) is 0 Å². The zero-order valence-electron chi connectivity index (χ0n) is 8.10. The fraction of sp³-hybridized carbons (Fsp3) is 0.333. The van der Waals surface area contributed by atoms with Crippen molar-refractivity contribution >= 4 is 33.2 Å². The van der Waals surface area contributed by atoms with Crippen molar-refractivity contribution < 1.29 is 13.5 Å². The van der Waals surface area contributed by atoms with Crippen LogP contribution >= 0.6 is 23.2 Å². The number of rotatable bonds is 2. The van der Waals surface area contributed by atoms with Crippen LogP contribution in [0.5, 0.6) is 0 Å². The van der Waals surface area contributed by atoms with Gasteiger partial charge in [-0.15, -0.1) is 0 Å². The molecule has 1 heterocycles. The zero-order valence-corrected chi connectivity index (χ0v) is 10.4. The van der Waals surface area contributed by atoms with Crippen molar-refractivity contribution in [2.75, 3.05) is 13.1 Å². The Hall–Kier alpha value is -0.330. The number of halogens is 2. The normalized spacial score (nSPS) is 18.4. The van der Waals surface area contributed by atoms with Gasteiger partial charge in [0.05, 0.1) is 11.1 Å². The third kappa shape index (κ3) is 2.06. The minimum absolute atomic E-state index is 0.0198. The molecular formula is C9H9Cl2NO3S. The number of sulfonamides is 1. The first-order valence-electron chi connectivity index (χ1n) is 4.54. The van der Waals surface area contributed by atoms with E-state index in [2.05, 4.69) is 0 Å². The predicted octanol–water partition coefficient (Wildman–Crippen LogP) is 1.36. The Labute approximate surface area is 103 Å². The van der Waals surface area contributed by atoms with Crippen LogP contribution in [-0.2, 0) is 10.0 Å². The van der Waals surface area contributed by atoms with Crippen molar-refractivity contribution in [1.82, 2.24) is 4.31 Å². The third-order valence-corrected chi connectivity index (χ3v) is 4.89. The Morgan fingerprint density at radius 2 is 1.94 bits per heavy atom. The summed E-state index contributed by atoms with van der Waals surface area (Å²) in [5.41, 5.74) is 0. The zero-order chi connectivity index (χ0) is 11.9. The molecule has 0 saturated carbocycles. The Kier molecular flexibility index (Phi) is 3.16. The lowest BCUT2D eigenvalue weighted by molar-refractivity contribution is 0.0548. The molecular weight excluding hydrogens is 273 g/mol. The number of benzene rings is 1. The summed E-state index contributed by atoms with van der Waals surface area (Å²) in [6.07, 6.45) is -0.590. The molecule has 16 heavy (non-hydrogen) atoms. The molecule has 0 radical (unpaired) electrons. The highest BCUT2D eigenvalue weighted by molar-refractivity contribution is 7.89. The van der Waals surface area contributed by atoms with E-state index in [0.29, 0.717) is 5.02 Å². The molecule has 4 nitrogen and oxygen atoms in total. The molecule has 0 aromatic heterocycles. The number of hydrogen-bond acceptors (Lipinski definition) is 3. The molecule has 2 rings (SSSR count). The van der Waals surface area contributed by atoms with E-state index in [-0.39, 0.29) is 23.0 Å². The second-order valence-electron chi connectivity index (χ2n) is 3.55. The van der Waals surface area contributed by atoms with Crippen LogP contribution in [0.3, 0.4) is 0 Å². The summed E-state index contributed by atoms with van der Waals surface area (Å²) in [7, 11) is -3.63. The molecule has 0 unspecified atom stereocenters. The third-order valence-electron chi connectivity index (χ3n) is 2.34. The molecule has 0 atom stereocenters. The predicted molar refractivity (Wildman–Crippen MR) is 61.2 cm³/mol. The molecule has 1 aliphatic rings. The molecule has 1 N–H and O–H groups in total. The van der Waals surface area contributed by atoms with E-state index in [9.17, 15) is 8.42 Å². The fourth-order valence-electron chi connectivity index (χ4n) is 1.43. The van der Waals surface area contributed by atoms with Crippen molar-refractivity contribution in [2.24, 2.45) is 0 Å². The molecule has 1 saturated heterocycles. The monoisotopic (exact) mass is 281 g/mol. The van der Waals surface area contributed by atoms with Gasteiger partial charge in [-0.2, -0.15) is 4.31 Å². The molecule has 7 heteroatoms. The molecule has 1 aromatic carbocycles. The number of aliphatic hydroxyl groups is 1. The van der Waals surface area contributed by atoms with Gasteiger partial charge in [-0.25, -0.2) is 8.42 Å². The maximum atomic E-state index is 12.0. The van der Waals surface area contributed by atoms with Crippen LogP contribution in [0.2, 0.25) is 10.0 Å². The van der Waals surface area contributed by atoms with Gasteiger partial charge in [-0.3, -0.25) is 0 Å². The molecule has 1 aliphatic heterocycles. The highest BCUT2D eigenvalue weighted by Crippen LogP contribution is 2.29. The SMILES string of the molecule is O=S(=O)(c1cc(Cl)ccc1Cl)N1CC(O)C1. The maximum Gasteiger partial charge on any atom is 0.244 e. The van der Waals surface area contributed by atoms with E-state index in [1.165, 1.54) is 18.2 Å². The van der Waals surface area contributed by atoms with Gasteiger partial charge < -0.3 is 5.11 Å². The number of aliphatic hydroxyl groups excluding tert-OH is 1. The van der Waals surface area contributed by atoms with E-state index in [1.807, 2.05) is 0 Å². The van der Waals surface area contributed by atoms with E-state index >= 15 is 0 Å². The van der Waals surface area contributed by atoms with Gasteiger partial charge in [-0.05, 0) is 18.2 Å². The quantitative estimate of drug-likeness (QED) is 0.891. The van der Waals surface area contributed by atoms with E-state index in [4.69, 9.17) is 28.3 Å². The van der Waals surface area contributed by atoms with Gasteiger partial charge in [0.1, 0.15) is 4.90 Å². The van der Waals surface area contributed by atoms with Crippen molar-refractivity contribution in [3.05, 3.63) is 28.2 Å². The van der Waals surface area contributed by atoms with Crippen LogP contribution in [-0.4, -0.2) is 37.0 Å². The first kappa shape index (κ1) is 12.1. The van der Waals surface area contributed by atoms with Crippen LogP contribution < -0.4 is 0 Å². The van der Waals surface area contributed by atoms with Gasteiger partial charge in [0.25, 0.3) is 0 Å². The fourth-order valence-corrected chi connectivity index (χ4v) is 3.68. The van der Waals surface area contributed by atoms with Crippen LogP contribution in [0, 0.1) is 0 Å². The minimum atomic E-state index is -3.63. The Bertz CT molecular complexity index is 511. The van der Waals surface area contributed by atoms with Crippen LogP contribution in [0.4, 0.5) is 0 Å². The summed E-state index contributed by atoms with van der Waals surface area (Å²) >= 11 is 11.5. The van der Waals surface area contributed by atoms with Gasteiger partial charge in [-0.1, -0.05) is 23.2 Å². The standard InChI is InChI=1S/C9H9Cl2NO3S/c10-6-1-2-8(11)9(3-6)16(14,15)12-4-7(13)5-12/h1-3,7,13H,4-5H2. The molecule has 0 bridgehead atoms. The van der Waals surface area contributed by atoms with E-state index < -0.39 is 16.1 Å². The topological polar surface area (TPSA) is 57.6 Å². The minimum Gasteiger partial charge on any atom is -0.390 e. The van der Waals surface area contributed by atoms with Crippen LogP contribution in [0.25, 0.3) is 0 Å². The molecule has 0 amide bonds. The molecule has 0 spiro atoms. The highest BCUT2D eigenvalue weighted by Gasteiger charge is 2.36. The summed E-state index contributed by atoms with van der Waals surface area (Å²) in [5.74, 6) is 0. The maximum absolute atomic E-state index is 12.0. The first-order chi connectivity index (χ1) is 7.41. The Morgan fingerprint density at radius 3 is 2.50 bits per heavy atom. The summed E-state index contributed by atoms with van der Waals surface area (Å²) in [5, 5.41) is 9.53. The molecule has 1 aromatic rings. The van der Waals surface area contributed by atoms with E-state index in [1.54, 1.807) is 0 Å². The lowest BCUT2D eigenvalue weighted by atomic mass is 10.2. The van der Waals surface area contributed by atoms with Crippen molar-refractivity contribution in [3.63, 3.8) is 0 Å². The van der Waals surface area contributed by atoms with Gasteiger partial charge in [0.2, 0.25) is 10.0 Å². The second-order valence-corrected chi connectivity index (χ2v) is 6.30. The van der Waals surface area contributed by atoms with Crippen molar-refractivity contribution in [2.45, 2.75) is 11.0 Å². The smallest absolute Gasteiger partial charge is 0.244 e. The van der Waals surface area contributed by atoms with Crippen LogP contribution in [0.15, 0.2) is 23.1 Å². The Balaban J connectivity index is 2.40. The number of β-amino-alcohol motifs (C(OH)–C–C–N with tert-alkyl or cyclic N) is 1. The van der Waals surface area contributed by atoms with Crippen molar-refractivity contribution in [3.8, 4) is 0 Å². The lowest BCUT2D eigenvalue weighted by Crippen LogP contribution is -2.53. The summed E-state index contributed by atoms with van der Waals surface area (Å²) < 4.78 is 25.2. The number of nitrogens with zero attached hydrogens (tertiary/aromatic N) is 1. The molecule has 1 fully saturated rings. The lowest BCUT2D eigenvalue weighted by Gasteiger charge is -2.34. The second kappa shape index (κ2) is 4.16. The average Bonchev–Trinajstić information content (AvgIpc) is 2.16. The first-order valence-corrected chi connectivity index (χ1v) is 6.74. The van der Waals surface area contributed by atoms with Gasteiger partial charge >= 0.3 is 0 Å². The summed E-state index contributed by atoms with van der Waals surface area (Å²) in [6.45, 7) is 0.205. The molecule has 88 valence electrons. The largest absolute Gasteiger partial charge is 0.390 e.